The van der Waals surface area contributed by atoms with Crippen molar-refractivity contribution in [2.45, 2.75) is 57.9 Å². The second-order valence-corrected chi connectivity index (χ2v) is 7.46. The minimum absolute atomic E-state index is 0.134. The van der Waals surface area contributed by atoms with Gasteiger partial charge >= 0.3 is 0 Å². The zero-order valence-electron chi connectivity index (χ0n) is 16.2. The molecule has 6 nitrogen and oxygen atoms in total. The predicted octanol–water partition coefficient (Wildman–Crippen LogP) is 2.86. The lowest BCUT2D eigenvalue weighted by atomic mass is 9.96. The molecule has 0 aliphatic carbocycles. The highest BCUT2D eigenvalue weighted by molar-refractivity contribution is 5.75. The monoisotopic (exact) mass is 375 g/mol. The summed E-state index contributed by atoms with van der Waals surface area (Å²) in [6.45, 7) is 3.99. The van der Waals surface area contributed by atoms with Crippen molar-refractivity contribution in [1.29, 1.82) is 0 Å². The molecular formula is C21H33N3O3. The molecule has 3 N–H and O–H groups in total. The molecule has 1 aromatic carbocycles. The molecule has 1 fully saturated rings. The summed E-state index contributed by atoms with van der Waals surface area (Å²) in [5.74, 6) is 0.371. The predicted molar refractivity (Wildman–Crippen MR) is 105 cm³/mol. The van der Waals surface area contributed by atoms with Crippen LogP contribution in [0.1, 0.15) is 56.9 Å². The summed E-state index contributed by atoms with van der Waals surface area (Å²) >= 11 is 0. The molecule has 0 saturated carbocycles. The van der Waals surface area contributed by atoms with Crippen molar-refractivity contribution in [3.63, 3.8) is 0 Å². The Morgan fingerprint density at radius 2 is 1.59 bits per heavy atom. The third-order valence-electron chi connectivity index (χ3n) is 5.23. The maximum Gasteiger partial charge on any atom is 0.243 e. The van der Waals surface area contributed by atoms with Crippen molar-refractivity contribution in [2.75, 3.05) is 19.6 Å². The molecule has 150 valence electrons. The van der Waals surface area contributed by atoms with Gasteiger partial charge in [0.05, 0.1) is 0 Å². The zero-order valence-corrected chi connectivity index (χ0v) is 16.2. The lowest BCUT2D eigenvalue weighted by molar-refractivity contribution is -0.129. The molecule has 2 rings (SSSR count). The Balaban J connectivity index is 1.48. The molecule has 0 unspecified atom stereocenters. The Morgan fingerprint density at radius 3 is 2.22 bits per heavy atom. The molecule has 6 heteroatoms. The molecule has 1 heterocycles. The third kappa shape index (κ3) is 9.02. The second kappa shape index (κ2) is 12.5. The van der Waals surface area contributed by atoms with Gasteiger partial charge in [0.15, 0.2) is 0 Å². The van der Waals surface area contributed by atoms with Crippen LogP contribution in [0.2, 0.25) is 0 Å². The summed E-state index contributed by atoms with van der Waals surface area (Å²) in [5.41, 5.74) is 2.99. The van der Waals surface area contributed by atoms with Gasteiger partial charge in [-0.15, -0.1) is 0 Å². The quantitative estimate of drug-likeness (QED) is 0.316. The summed E-state index contributed by atoms with van der Waals surface area (Å²) < 4.78 is 0. The molecule has 0 radical (unpaired) electrons. The van der Waals surface area contributed by atoms with Gasteiger partial charge in [0, 0.05) is 25.9 Å². The number of hydrogen-bond acceptors (Lipinski definition) is 4. The van der Waals surface area contributed by atoms with Crippen LogP contribution in [0.4, 0.5) is 0 Å². The van der Waals surface area contributed by atoms with E-state index in [1.54, 1.807) is 5.48 Å². The number of carbonyl (C=O) groups is 2. The van der Waals surface area contributed by atoms with Crippen LogP contribution < -0.4 is 10.8 Å². The third-order valence-corrected chi connectivity index (χ3v) is 5.23. The molecule has 1 aliphatic heterocycles. The standard InChI is InChI=1S/C21H33N3O3/c25-20(10-6-1-2-7-11-21(26)23-27)22-16-18-12-14-24(15-13-18)17-19-8-4-3-5-9-19/h3-5,8-9,18,27H,1-2,6-7,10-17H2,(H,22,25)(H,23,26). The normalized spacial score (nSPS) is 15.4. The van der Waals surface area contributed by atoms with Gasteiger partial charge in [-0.05, 0) is 50.3 Å². The fraction of sp³-hybridized carbons (Fsp3) is 0.619. The Kier molecular flexibility index (Phi) is 9.87. The van der Waals surface area contributed by atoms with Gasteiger partial charge in [-0.25, -0.2) is 5.48 Å². The number of unbranched alkanes of at least 4 members (excludes halogenated alkanes) is 3. The van der Waals surface area contributed by atoms with E-state index in [0.29, 0.717) is 18.8 Å². The van der Waals surface area contributed by atoms with Crippen molar-refractivity contribution in [2.24, 2.45) is 5.92 Å². The molecule has 1 aromatic rings. The number of piperidine rings is 1. The number of nitrogens with zero attached hydrogens (tertiary/aromatic N) is 1. The number of hydrogen-bond donors (Lipinski definition) is 3. The van der Waals surface area contributed by atoms with Crippen LogP contribution in [0, 0.1) is 5.92 Å². The van der Waals surface area contributed by atoms with E-state index in [1.165, 1.54) is 5.56 Å². The first-order valence-corrected chi connectivity index (χ1v) is 10.1. The number of carbonyl (C=O) groups excluding carboxylic acids is 2. The molecule has 0 spiro atoms. The summed E-state index contributed by atoms with van der Waals surface area (Å²) in [4.78, 5) is 25.3. The summed E-state index contributed by atoms with van der Waals surface area (Å²) in [7, 11) is 0. The van der Waals surface area contributed by atoms with E-state index in [0.717, 1.165) is 64.7 Å². The van der Waals surface area contributed by atoms with Crippen molar-refractivity contribution in [1.82, 2.24) is 15.7 Å². The molecule has 1 saturated heterocycles. The minimum Gasteiger partial charge on any atom is -0.356 e. The number of amides is 2. The van der Waals surface area contributed by atoms with Crippen LogP contribution in [-0.4, -0.2) is 41.6 Å². The van der Waals surface area contributed by atoms with E-state index in [4.69, 9.17) is 5.21 Å². The maximum atomic E-state index is 12.0. The van der Waals surface area contributed by atoms with Crippen LogP contribution in [0.25, 0.3) is 0 Å². The van der Waals surface area contributed by atoms with E-state index in [9.17, 15) is 9.59 Å². The van der Waals surface area contributed by atoms with Crippen molar-refractivity contribution in [3.8, 4) is 0 Å². The largest absolute Gasteiger partial charge is 0.356 e. The van der Waals surface area contributed by atoms with Gasteiger partial charge in [0.25, 0.3) is 0 Å². The van der Waals surface area contributed by atoms with Crippen molar-refractivity contribution >= 4 is 11.8 Å². The van der Waals surface area contributed by atoms with Crippen LogP contribution in [0.3, 0.4) is 0 Å². The number of benzene rings is 1. The highest BCUT2D eigenvalue weighted by atomic mass is 16.5. The maximum absolute atomic E-state index is 12.0. The Hall–Kier alpha value is -1.92. The fourth-order valence-electron chi connectivity index (χ4n) is 3.52. The van der Waals surface area contributed by atoms with E-state index < -0.39 is 0 Å². The first-order chi connectivity index (χ1) is 13.2. The van der Waals surface area contributed by atoms with Crippen LogP contribution in [-0.2, 0) is 16.1 Å². The van der Waals surface area contributed by atoms with Gasteiger partial charge in [0.1, 0.15) is 0 Å². The molecule has 27 heavy (non-hydrogen) atoms. The topological polar surface area (TPSA) is 81.7 Å². The summed E-state index contributed by atoms with van der Waals surface area (Å²) in [6.07, 6.45) is 6.60. The Bertz CT molecular complexity index is 557. The van der Waals surface area contributed by atoms with Gasteiger partial charge < -0.3 is 5.32 Å². The zero-order chi connectivity index (χ0) is 19.3. The van der Waals surface area contributed by atoms with Gasteiger partial charge in [0.2, 0.25) is 11.8 Å². The number of likely N-dealkylation sites (tertiary alicyclic amines) is 1. The van der Waals surface area contributed by atoms with Crippen LogP contribution >= 0.6 is 0 Å². The lowest BCUT2D eigenvalue weighted by Crippen LogP contribution is -2.38. The average Bonchev–Trinajstić information content (AvgIpc) is 2.70. The number of nitrogens with one attached hydrogen (secondary N) is 2. The van der Waals surface area contributed by atoms with E-state index in [1.807, 2.05) is 6.07 Å². The van der Waals surface area contributed by atoms with Crippen molar-refractivity contribution in [3.05, 3.63) is 35.9 Å². The molecule has 0 bridgehead atoms. The van der Waals surface area contributed by atoms with E-state index in [2.05, 4.69) is 34.5 Å². The average molecular weight is 376 g/mol. The summed E-state index contributed by atoms with van der Waals surface area (Å²) in [6, 6.07) is 10.6. The Labute approximate surface area is 162 Å². The van der Waals surface area contributed by atoms with Crippen LogP contribution in [0.15, 0.2) is 30.3 Å². The number of hydroxylamine groups is 1. The van der Waals surface area contributed by atoms with Crippen molar-refractivity contribution < 1.29 is 14.8 Å². The first-order valence-electron chi connectivity index (χ1n) is 10.1. The molecule has 0 atom stereocenters. The summed E-state index contributed by atoms with van der Waals surface area (Å²) in [5, 5.41) is 11.5. The molecular weight excluding hydrogens is 342 g/mol. The molecule has 2 amide bonds. The number of rotatable bonds is 11. The van der Waals surface area contributed by atoms with E-state index in [-0.39, 0.29) is 11.8 Å². The smallest absolute Gasteiger partial charge is 0.243 e. The second-order valence-electron chi connectivity index (χ2n) is 7.46. The molecule has 0 aromatic heterocycles. The van der Waals surface area contributed by atoms with Crippen LogP contribution in [0.5, 0.6) is 0 Å². The molecule has 1 aliphatic rings. The highest BCUT2D eigenvalue weighted by Crippen LogP contribution is 2.18. The SMILES string of the molecule is O=C(CCCCCCC(=O)NCC1CCN(Cc2ccccc2)CC1)NO. The van der Waals surface area contributed by atoms with E-state index >= 15 is 0 Å². The van der Waals surface area contributed by atoms with Gasteiger partial charge in [-0.1, -0.05) is 43.2 Å². The highest BCUT2D eigenvalue weighted by Gasteiger charge is 2.19. The van der Waals surface area contributed by atoms with Gasteiger partial charge in [-0.2, -0.15) is 0 Å². The lowest BCUT2D eigenvalue weighted by Gasteiger charge is -2.32. The minimum atomic E-state index is -0.345. The van der Waals surface area contributed by atoms with Gasteiger partial charge in [-0.3, -0.25) is 19.7 Å². The fourth-order valence-corrected chi connectivity index (χ4v) is 3.52. The Morgan fingerprint density at radius 1 is 0.963 bits per heavy atom. The first kappa shape index (κ1) is 21.4.